The summed E-state index contributed by atoms with van der Waals surface area (Å²) in [4.78, 5) is 25.1. The molecule has 0 saturated carbocycles. The molecule has 1 aromatic rings. The summed E-state index contributed by atoms with van der Waals surface area (Å²) >= 11 is 3.34. The number of piperazine rings is 1. The summed E-state index contributed by atoms with van der Waals surface area (Å²) in [6.07, 6.45) is 0.566. The maximum absolute atomic E-state index is 11.8. The van der Waals surface area contributed by atoms with Crippen LogP contribution in [0.5, 0.6) is 0 Å². The van der Waals surface area contributed by atoms with Crippen molar-refractivity contribution in [3.8, 4) is 6.07 Å². The van der Waals surface area contributed by atoms with Crippen LogP contribution in [0.2, 0.25) is 0 Å². The fourth-order valence-electron chi connectivity index (χ4n) is 2.16. The van der Waals surface area contributed by atoms with E-state index in [1.165, 1.54) is 0 Å². The Morgan fingerprint density at radius 3 is 2.89 bits per heavy atom. The quantitative estimate of drug-likeness (QED) is 0.839. The van der Waals surface area contributed by atoms with Crippen LogP contribution >= 0.6 is 15.9 Å². The highest BCUT2D eigenvalue weighted by molar-refractivity contribution is 9.10. The fourth-order valence-corrected chi connectivity index (χ4v) is 2.51. The Balaban J connectivity index is 2.49. The Kier molecular flexibility index (Phi) is 3.86. The summed E-state index contributed by atoms with van der Waals surface area (Å²) in [5, 5.41) is 11.5. The molecule has 1 atom stereocenters. The van der Waals surface area contributed by atoms with E-state index in [0.29, 0.717) is 17.7 Å². The third-order valence-electron chi connectivity index (χ3n) is 3.03. The lowest BCUT2D eigenvalue weighted by atomic mass is 10.1. The van der Waals surface area contributed by atoms with Crippen molar-refractivity contribution in [3.63, 3.8) is 0 Å². The lowest BCUT2D eigenvalue weighted by Gasteiger charge is -2.35. The maximum atomic E-state index is 11.8. The first-order valence-corrected chi connectivity index (χ1v) is 6.66. The molecular formula is C13H12BrN3O2. The van der Waals surface area contributed by atoms with Gasteiger partial charge in [0.05, 0.1) is 17.8 Å². The topological polar surface area (TPSA) is 73.2 Å². The zero-order chi connectivity index (χ0) is 14.0. The van der Waals surface area contributed by atoms with E-state index in [1.54, 1.807) is 23.1 Å². The number of benzene rings is 1. The summed E-state index contributed by atoms with van der Waals surface area (Å²) in [7, 11) is 0. The molecule has 1 fully saturated rings. The average molecular weight is 322 g/mol. The lowest BCUT2D eigenvalue weighted by molar-refractivity contribution is -0.132. The SMILES string of the molecule is CCC1C(=O)NC(=O)CN1c1cc(Br)ccc1C#N. The second-order valence-electron chi connectivity index (χ2n) is 4.24. The molecule has 0 spiro atoms. The van der Waals surface area contributed by atoms with Gasteiger partial charge < -0.3 is 4.90 Å². The minimum Gasteiger partial charge on any atom is -0.349 e. The Bertz CT molecular complexity index is 580. The van der Waals surface area contributed by atoms with Crippen LogP contribution < -0.4 is 10.2 Å². The number of hydrogen-bond donors (Lipinski definition) is 1. The van der Waals surface area contributed by atoms with E-state index in [9.17, 15) is 9.59 Å². The number of nitrogens with zero attached hydrogens (tertiary/aromatic N) is 2. The number of anilines is 1. The van der Waals surface area contributed by atoms with Gasteiger partial charge in [0.15, 0.2) is 0 Å². The highest BCUT2D eigenvalue weighted by Crippen LogP contribution is 2.28. The van der Waals surface area contributed by atoms with E-state index in [-0.39, 0.29) is 18.4 Å². The van der Waals surface area contributed by atoms with Crippen LogP contribution in [-0.2, 0) is 9.59 Å². The minimum atomic E-state index is -0.431. The van der Waals surface area contributed by atoms with E-state index in [2.05, 4.69) is 27.3 Å². The standard InChI is InChI=1S/C13H12BrN3O2/c1-2-10-13(19)16-12(18)7-17(10)11-5-9(14)4-3-8(11)6-15/h3-5,10H,2,7H2,1H3,(H,16,18,19). The summed E-state index contributed by atoms with van der Waals surface area (Å²) in [6, 6.07) is 6.84. The number of amides is 2. The molecule has 5 nitrogen and oxygen atoms in total. The second-order valence-corrected chi connectivity index (χ2v) is 5.15. The molecule has 2 amide bonds. The van der Waals surface area contributed by atoms with Gasteiger partial charge in [-0.05, 0) is 24.6 Å². The first kappa shape index (κ1) is 13.6. The number of nitriles is 1. The molecule has 0 radical (unpaired) electrons. The predicted octanol–water partition coefficient (Wildman–Crippen LogP) is 1.56. The number of hydrogen-bond acceptors (Lipinski definition) is 4. The van der Waals surface area contributed by atoms with Crippen molar-refractivity contribution in [3.05, 3.63) is 28.2 Å². The van der Waals surface area contributed by atoms with Crippen molar-refractivity contribution >= 4 is 33.4 Å². The van der Waals surface area contributed by atoms with Gasteiger partial charge in [0.1, 0.15) is 12.1 Å². The van der Waals surface area contributed by atoms with Crippen LogP contribution in [-0.4, -0.2) is 24.4 Å². The Hall–Kier alpha value is -1.87. The maximum Gasteiger partial charge on any atom is 0.249 e. The molecular weight excluding hydrogens is 310 g/mol. The number of carbonyl (C=O) groups is 2. The Morgan fingerprint density at radius 2 is 2.26 bits per heavy atom. The predicted molar refractivity (Wildman–Crippen MR) is 73.4 cm³/mol. The molecule has 1 saturated heterocycles. The highest BCUT2D eigenvalue weighted by atomic mass is 79.9. The monoisotopic (exact) mass is 321 g/mol. The van der Waals surface area contributed by atoms with Gasteiger partial charge in [0, 0.05) is 4.47 Å². The van der Waals surface area contributed by atoms with Crippen LogP contribution in [0.15, 0.2) is 22.7 Å². The first-order chi connectivity index (χ1) is 9.06. The van der Waals surface area contributed by atoms with E-state index in [4.69, 9.17) is 5.26 Å². The van der Waals surface area contributed by atoms with Crippen molar-refractivity contribution in [2.75, 3.05) is 11.4 Å². The number of rotatable bonds is 2. The first-order valence-electron chi connectivity index (χ1n) is 5.86. The van der Waals surface area contributed by atoms with Crippen LogP contribution in [0.25, 0.3) is 0 Å². The molecule has 98 valence electrons. The van der Waals surface area contributed by atoms with Gasteiger partial charge in [-0.25, -0.2) is 0 Å². The smallest absolute Gasteiger partial charge is 0.249 e. The number of carbonyl (C=O) groups excluding carboxylic acids is 2. The molecule has 1 aliphatic rings. The lowest BCUT2D eigenvalue weighted by Crippen LogP contribution is -2.58. The largest absolute Gasteiger partial charge is 0.349 e. The molecule has 1 aromatic carbocycles. The summed E-state index contributed by atoms with van der Waals surface area (Å²) in [5.74, 6) is -0.666. The zero-order valence-corrected chi connectivity index (χ0v) is 11.9. The van der Waals surface area contributed by atoms with Crippen LogP contribution in [0.1, 0.15) is 18.9 Å². The molecule has 1 N–H and O–H groups in total. The average Bonchev–Trinajstić information content (AvgIpc) is 2.37. The fraction of sp³-hybridized carbons (Fsp3) is 0.308. The van der Waals surface area contributed by atoms with Gasteiger partial charge in [-0.3, -0.25) is 14.9 Å². The Labute approximate surface area is 119 Å². The summed E-state index contributed by atoms with van der Waals surface area (Å²) < 4.78 is 0.801. The third-order valence-corrected chi connectivity index (χ3v) is 3.53. The van der Waals surface area contributed by atoms with Gasteiger partial charge in [-0.1, -0.05) is 22.9 Å². The number of nitrogens with one attached hydrogen (secondary N) is 1. The van der Waals surface area contributed by atoms with Crippen molar-refractivity contribution in [1.82, 2.24) is 5.32 Å². The third kappa shape index (κ3) is 2.61. The van der Waals surface area contributed by atoms with Gasteiger partial charge in [0.25, 0.3) is 0 Å². The normalized spacial score (nSPS) is 19.0. The van der Waals surface area contributed by atoms with Crippen LogP contribution in [0.3, 0.4) is 0 Å². The molecule has 19 heavy (non-hydrogen) atoms. The minimum absolute atomic E-state index is 0.0787. The molecule has 2 rings (SSSR count). The molecule has 6 heteroatoms. The van der Waals surface area contributed by atoms with Crippen molar-refractivity contribution in [2.24, 2.45) is 0 Å². The highest BCUT2D eigenvalue weighted by Gasteiger charge is 2.33. The van der Waals surface area contributed by atoms with Gasteiger partial charge in [0.2, 0.25) is 11.8 Å². The summed E-state index contributed by atoms with van der Waals surface area (Å²) in [6.45, 7) is 1.95. The van der Waals surface area contributed by atoms with Crippen LogP contribution in [0.4, 0.5) is 5.69 Å². The Morgan fingerprint density at radius 1 is 1.53 bits per heavy atom. The zero-order valence-electron chi connectivity index (χ0n) is 10.3. The molecule has 1 heterocycles. The van der Waals surface area contributed by atoms with Crippen molar-refractivity contribution < 1.29 is 9.59 Å². The van der Waals surface area contributed by atoms with E-state index in [1.807, 2.05) is 6.92 Å². The van der Waals surface area contributed by atoms with Gasteiger partial charge in [-0.15, -0.1) is 0 Å². The van der Waals surface area contributed by atoms with Crippen molar-refractivity contribution in [1.29, 1.82) is 5.26 Å². The van der Waals surface area contributed by atoms with E-state index in [0.717, 1.165) is 4.47 Å². The molecule has 0 aromatic heterocycles. The molecule has 0 aliphatic carbocycles. The van der Waals surface area contributed by atoms with E-state index >= 15 is 0 Å². The number of halogens is 1. The van der Waals surface area contributed by atoms with Crippen molar-refractivity contribution in [2.45, 2.75) is 19.4 Å². The second kappa shape index (κ2) is 5.41. The number of imide groups is 1. The molecule has 0 bridgehead atoms. The van der Waals surface area contributed by atoms with Crippen LogP contribution in [0, 0.1) is 11.3 Å². The van der Waals surface area contributed by atoms with E-state index < -0.39 is 6.04 Å². The summed E-state index contributed by atoms with van der Waals surface area (Å²) in [5.41, 5.74) is 1.05. The molecule has 1 unspecified atom stereocenters. The molecule has 1 aliphatic heterocycles. The van der Waals surface area contributed by atoms with Gasteiger partial charge >= 0.3 is 0 Å². The van der Waals surface area contributed by atoms with Gasteiger partial charge in [-0.2, -0.15) is 5.26 Å².